The van der Waals surface area contributed by atoms with Crippen LogP contribution in [0.2, 0.25) is 0 Å². The largest absolute Gasteiger partial charge is 0.310 e. The Hall–Kier alpha value is -7.50. The number of aromatic nitrogens is 4. The molecule has 2 heterocycles. The molecule has 0 aliphatic rings. The highest BCUT2D eigenvalue weighted by Gasteiger charge is 2.20. The van der Waals surface area contributed by atoms with Gasteiger partial charge in [0.1, 0.15) is 0 Å². The monoisotopic (exact) mass is 703 g/mol. The summed E-state index contributed by atoms with van der Waals surface area (Å²) >= 11 is 0. The van der Waals surface area contributed by atoms with E-state index in [9.17, 15) is 0 Å². The zero-order valence-corrected chi connectivity index (χ0v) is 29.8. The van der Waals surface area contributed by atoms with Gasteiger partial charge in [0.15, 0.2) is 0 Å². The van der Waals surface area contributed by atoms with Gasteiger partial charge in [-0.25, -0.2) is 19.9 Å². The zero-order valence-electron chi connectivity index (χ0n) is 29.8. The third kappa shape index (κ3) is 6.14. The first-order chi connectivity index (χ1) is 27.2. The van der Waals surface area contributed by atoms with Gasteiger partial charge in [0.2, 0.25) is 0 Å². The lowest BCUT2D eigenvalue weighted by Gasteiger charge is -2.27. The summed E-state index contributed by atoms with van der Waals surface area (Å²) < 4.78 is 0. The second-order valence-electron chi connectivity index (χ2n) is 13.5. The maximum Gasteiger partial charge on any atom is 0.0973 e. The lowest BCUT2D eigenvalue weighted by Crippen LogP contribution is -2.10. The number of fused-ring (bicyclic) bond motifs is 3. The Morgan fingerprint density at radius 2 is 0.618 bits per heavy atom. The highest BCUT2D eigenvalue weighted by Crippen LogP contribution is 2.41. The Kier molecular flexibility index (Phi) is 8.08. The van der Waals surface area contributed by atoms with E-state index in [-0.39, 0.29) is 0 Å². The fourth-order valence-electron chi connectivity index (χ4n) is 7.34. The third-order valence-electron chi connectivity index (χ3n) is 9.98. The minimum atomic E-state index is 0.831. The maximum absolute atomic E-state index is 5.23. The highest BCUT2D eigenvalue weighted by atomic mass is 15.1. The maximum atomic E-state index is 5.23. The van der Waals surface area contributed by atoms with E-state index >= 15 is 0 Å². The number of nitrogens with zero attached hydrogens (tertiary/aromatic N) is 5. The van der Waals surface area contributed by atoms with Crippen LogP contribution in [0.15, 0.2) is 200 Å². The van der Waals surface area contributed by atoms with Crippen molar-refractivity contribution in [2.75, 3.05) is 4.90 Å². The van der Waals surface area contributed by atoms with E-state index in [0.717, 1.165) is 89.5 Å². The van der Waals surface area contributed by atoms with Crippen molar-refractivity contribution < 1.29 is 0 Å². The molecule has 0 bridgehead atoms. The van der Waals surface area contributed by atoms with Crippen molar-refractivity contribution in [2.24, 2.45) is 0 Å². The molecule has 55 heavy (non-hydrogen) atoms. The number of para-hydroxylation sites is 4. The topological polar surface area (TPSA) is 54.8 Å². The molecule has 0 amide bonds. The summed E-state index contributed by atoms with van der Waals surface area (Å²) in [6.07, 6.45) is 0. The van der Waals surface area contributed by atoms with Crippen molar-refractivity contribution in [1.29, 1.82) is 0 Å². The van der Waals surface area contributed by atoms with Crippen molar-refractivity contribution >= 4 is 49.9 Å². The molecule has 5 heteroatoms. The predicted molar refractivity (Wildman–Crippen MR) is 227 cm³/mol. The molecule has 0 spiro atoms. The summed E-state index contributed by atoms with van der Waals surface area (Å²) in [6.45, 7) is 0. The molecule has 0 aliphatic heterocycles. The Bertz CT molecular complexity index is 2830. The lowest BCUT2D eigenvalue weighted by molar-refractivity contribution is 1.26. The molecule has 5 nitrogen and oxygen atoms in total. The first kappa shape index (κ1) is 32.2. The van der Waals surface area contributed by atoms with Gasteiger partial charge >= 0.3 is 0 Å². The standard InChI is InChI=1S/C50H33N5/c1-3-16-35(17-4-1)47-49(53-45-27-11-9-25-43(45)51-47)38-21-13-23-40(32-38)55(42-30-29-34-15-7-8-20-37(34)31-42)41-24-14-22-39(33-41)50-48(36-18-5-2-6-19-36)52-44-26-10-12-28-46(44)54-50/h1-33H. The van der Waals surface area contributed by atoms with Crippen LogP contribution < -0.4 is 4.90 Å². The van der Waals surface area contributed by atoms with E-state index < -0.39 is 0 Å². The molecular weight excluding hydrogens is 671 g/mol. The molecule has 0 unspecified atom stereocenters. The van der Waals surface area contributed by atoms with Crippen molar-refractivity contribution in [2.45, 2.75) is 0 Å². The lowest BCUT2D eigenvalue weighted by atomic mass is 10.0. The summed E-state index contributed by atoms with van der Waals surface area (Å²) in [5.74, 6) is 0. The first-order valence-corrected chi connectivity index (χ1v) is 18.4. The Morgan fingerprint density at radius 1 is 0.255 bits per heavy atom. The van der Waals surface area contributed by atoms with E-state index in [1.165, 1.54) is 5.39 Å². The van der Waals surface area contributed by atoms with E-state index in [2.05, 4.69) is 120 Å². The molecule has 0 saturated carbocycles. The molecule has 258 valence electrons. The fraction of sp³-hybridized carbons (Fsp3) is 0. The minimum Gasteiger partial charge on any atom is -0.310 e. The SMILES string of the molecule is c1ccc(-c2nc3ccccc3nc2-c2cccc(N(c3cccc(-c4nc5ccccc5nc4-c4ccccc4)c3)c3ccc4ccccc4c3)c2)cc1. The molecule has 0 saturated heterocycles. The number of hydrogen-bond acceptors (Lipinski definition) is 5. The van der Waals surface area contributed by atoms with Gasteiger partial charge in [0, 0.05) is 39.3 Å². The van der Waals surface area contributed by atoms with Crippen LogP contribution in [0, 0.1) is 0 Å². The van der Waals surface area contributed by atoms with Gasteiger partial charge < -0.3 is 4.90 Å². The van der Waals surface area contributed by atoms with E-state index in [4.69, 9.17) is 19.9 Å². The Labute approximate surface area is 318 Å². The van der Waals surface area contributed by atoms with E-state index in [1.54, 1.807) is 0 Å². The second-order valence-corrected chi connectivity index (χ2v) is 13.5. The van der Waals surface area contributed by atoms with Gasteiger partial charge in [-0.3, -0.25) is 0 Å². The van der Waals surface area contributed by atoms with Crippen LogP contribution in [0.5, 0.6) is 0 Å². The summed E-state index contributed by atoms with van der Waals surface area (Å²) in [5, 5.41) is 2.35. The highest BCUT2D eigenvalue weighted by molar-refractivity contribution is 5.93. The normalized spacial score (nSPS) is 11.3. The van der Waals surface area contributed by atoms with Crippen LogP contribution in [0.4, 0.5) is 17.1 Å². The second kappa shape index (κ2) is 13.8. The third-order valence-corrected chi connectivity index (χ3v) is 9.98. The van der Waals surface area contributed by atoms with Crippen molar-refractivity contribution in [3.8, 4) is 45.0 Å². The molecule has 10 aromatic rings. The van der Waals surface area contributed by atoms with E-state index in [1.807, 2.05) is 84.9 Å². The van der Waals surface area contributed by atoms with Gasteiger partial charge in [-0.2, -0.15) is 0 Å². The van der Waals surface area contributed by atoms with Crippen molar-refractivity contribution in [3.63, 3.8) is 0 Å². The van der Waals surface area contributed by atoms with E-state index in [0.29, 0.717) is 0 Å². The molecule has 0 N–H and O–H groups in total. The Morgan fingerprint density at radius 3 is 1.09 bits per heavy atom. The summed E-state index contributed by atoms with van der Waals surface area (Å²) in [5.41, 5.74) is 13.8. The summed E-state index contributed by atoms with van der Waals surface area (Å²) in [6, 6.07) is 69.1. The molecule has 0 aliphatic carbocycles. The van der Waals surface area contributed by atoms with Gasteiger partial charge in [-0.15, -0.1) is 0 Å². The summed E-state index contributed by atoms with van der Waals surface area (Å²) in [7, 11) is 0. The van der Waals surface area contributed by atoms with Crippen LogP contribution in [-0.4, -0.2) is 19.9 Å². The minimum absolute atomic E-state index is 0.831. The molecule has 0 atom stereocenters. The summed E-state index contributed by atoms with van der Waals surface area (Å²) in [4.78, 5) is 23.1. The average Bonchev–Trinajstić information content (AvgIpc) is 3.26. The van der Waals surface area contributed by atoms with Crippen LogP contribution in [-0.2, 0) is 0 Å². The fourth-order valence-corrected chi connectivity index (χ4v) is 7.34. The molecular formula is C50H33N5. The molecule has 0 radical (unpaired) electrons. The van der Waals surface area contributed by atoms with Gasteiger partial charge in [0.05, 0.1) is 44.8 Å². The van der Waals surface area contributed by atoms with Gasteiger partial charge in [-0.05, 0) is 71.4 Å². The molecule has 10 rings (SSSR count). The predicted octanol–water partition coefficient (Wildman–Crippen LogP) is 12.9. The van der Waals surface area contributed by atoms with Gasteiger partial charge in [-0.1, -0.05) is 140 Å². The quantitative estimate of drug-likeness (QED) is 0.165. The Balaban J connectivity index is 1.17. The van der Waals surface area contributed by atoms with Gasteiger partial charge in [0.25, 0.3) is 0 Å². The van der Waals surface area contributed by atoms with Crippen LogP contribution in [0.3, 0.4) is 0 Å². The number of benzene rings is 8. The van der Waals surface area contributed by atoms with Crippen LogP contribution in [0.25, 0.3) is 77.9 Å². The number of hydrogen-bond donors (Lipinski definition) is 0. The molecule has 8 aromatic carbocycles. The smallest absolute Gasteiger partial charge is 0.0973 e. The molecule has 0 fully saturated rings. The van der Waals surface area contributed by atoms with Crippen molar-refractivity contribution in [1.82, 2.24) is 19.9 Å². The molecule has 2 aromatic heterocycles. The first-order valence-electron chi connectivity index (χ1n) is 18.4. The van der Waals surface area contributed by atoms with Crippen LogP contribution >= 0.6 is 0 Å². The number of rotatable bonds is 7. The zero-order chi connectivity index (χ0) is 36.6. The van der Waals surface area contributed by atoms with Crippen LogP contribution in [0.1, 0.15) is 0 Å². The number of anilines is 3. The average molecular weight is 704 g/mol. The van der Waals surface area contributed by atoms with Crippen molar-refractivity contribution in [3.05, 3.63) is 200 Å².